The Kier molecular flexibility index (Phi) is 8.54. The molecule has 1 rings (SSSR count). The molecule has 0 unspecified atom stereocenters. The van der Waals surface area contributed by atoms with Gasteiger partial charge in [0.1, 0.15) is 6.20 Å². The van der Waals surface area contributed by atoms with E-state index >= 15 is 0 Å². The van der Waals surface area contributed by atoms with Gasteiger partial charge < -0.3 is 24.8 Å². The Labute approximate surface area is 54.5 Å². The molecular weight excluding hydrogens is 135 g/mol. The molecule has 0 bridgehead atoms. The topological polar surface area (TPSA) is 29.0 Å². The van der Waals surface area contributed by atoms with Gasteiger partial charge in [0.05, 0.1) is 6.21 Å². The molecule has 0 aromatic carbocycles. The maximum Gasteiger partial charge on any atom is 0.121 e. The molecule has 1 heterocycles. The van der Waals surface area contributed by atoms with Crippen molar-refractivity contribution in [2.75, 3.05) is 0 Å². The van der Waals surface area contributed by atoms with Gasteiger partial charge in [-0.3, -0.25) is 0 Å². The first-order valence-corrected chi connectivity index (χ1v) is 1.52. The van der Waals surface area contributed by atoms with E-state index in [4.69, 9.17) is 0 Å². The second kappa shape index (κ2) is 5.95. The van der Waals surface area contributed by atoms with Gasteiger partial charge in [0.25, 0.3) is 0 Å². The van der Waals surface area contributed by atoms with Crippen LogP contribution in [-0.2, 0) is 0 Å². The van der Waals surface area contributed by atoms with Crippen molar-refractivity contribution in [1.29, 1.82) is 0 Å². The van der Waals surface area contributed by atoms with Crippen LogP contribution in [0.2, 0.25) is 0 Å². The van der Waals surface area contributed by atoms with Gasteiger partial charge in [-0.05, 0) is 0 Å². The molecule has 0 radical (unpaired) electrons. The average Bonchev–Trinajstić information content (AvgIpc) is 1.76. The highest BCUT2D eigenvalue weighted by Crippen LogP contribution is 1.57. The monoisotopic (exact) mass is 139 g/mol. The van der Waals surface area contributed by atoms with E-state index in [0.29, 0.717) is 0 Å². The minimum Gasteiger partial charge on any atom is -1.00 e. The van der Waals surface area contributed by atoms with Crippen LogP contribution in [-0.4, -0.2) is 6.21 Å². The standard InChI is InChI=1S/C3H4N2.2ClH/c1-2-4-5-3-1;;/h1-3H,(H,4,5);2*1H/p-1. The van der Waals surface area contributed by atoms with Gasteiger partial charge >= 0.3 is 0 Å². The molecule has 2 nitrogen and oxygen atoms in total. The third-order valence-corrected chi connectivity index (χ3v) is 0.455. The molecule has 7 heavy (non-hydrogen) atoms. The Bertz CT molecular complexity index is 69.0. The van der Waals surface area contributed by atoms with E-state index in [2.05, 4.69) is 5.10 Å². The Morgan fingerprint density at radius 2 is 2.00 bits per heavy atom. The molecule has 0 saturated heterocycles. The predicted molar refractivity (Wildman–Crippen MR) is 19.6 cm³/mol. The van der Waals surface area contributed by atoms with Crippen LogP contribution in [0, 0.1) is 0 Å². The van der Waals surface area contributed by atoms with Gasteiger partial charge in [0, 0.05) is 6.08 Å². The molecule has 0 spiro atoms. The number of allylic oxidation sites excluding steroid dienone is 1. The van der Waals surface area contributed by atoms with Crippen molar-refractivity contribution < 1.29 is 30.2 Å². The molecule has 4 heteroatoms. The lowest BCUT2D eigenvalue weighted by molar-refractivity contribution is -0.589. The van der Waals surface area contributed by atoms with E-state index in [1.54, 1.807) is 11.6 Å². The van der Waals surface area contributed by atoms with Crippen molar-refractivity contribution in [3.63, 3.8) is 0 Å². The molecule has 1 aliphatic heterocycles. The SMILES string of the molecule is C1=C[NH2+]N=C1.[Cl-].[Cl-]. The summed E-state index contributed by atoms with van der Waals surface area (Å²) in [4.78, 5) is 0. The Morgan fingerprint density at radius 1 is 1.29 bits per heavy atom. The van der Waals surface area contributed by atoms with Crippen molar-refractivity contribution in [1.82, 2.24) is 0 Å². The molecule has 0 aromatic rings. The number of nitrogens with two attached hydrogens (primary N) is 1. The second-order valence-electron chi connectivity index (χ2n) is 0.832. The first kappa shape index (κ1) is 10.0. The van der Waals surface area contributed by atoms with Crippen LogP contribution in [0.15, 0.2) is 17.4 Å². The van der Waals surface area contributed by atoms with E-state index in [0.717, 1.165) is 0 Å². The molecule has 0 amide bonds. The van der Waals surface area contributed by atoms with E-state index in [-0.39, 0.29) is 24.8 Å². The van der Waals surface area contributed by atoms with Crippen LogP contribution in [0.5, 0.6) is 0 Å². The summed E-state index contributed by atoms with van der Waals surface area (Å²) < 4.78 is 0. The fourth-order valence-electron chi connectivity index (χ4n) is 0.248. The van der Waals surface area contributed by atoms with E-state index in [1.165, 1.54) is 0 Å². The number of quaternary nitrogens is 1. The zero-order chi connectivity index (χ0) is 3.54. The highest BCUT2D eigenvalue weighted by Gasteiger charge is 1.76. The summed E-state index contributed by atoms with van der Waals surface area (Å²) in [6.07, 6.45) is 5.53. The largest absolute Gasteiger partial charge is 1.00 e. The summed E-state index contributed by atoms with van der Waals surface area (Å²) in [5, 5.41) is 3.72. The predicted octanol–water partition coefficient (Wildman–Crippen LogP) is -6.93. The zero-order valence-corrected chi connectivity index (χ0v) is 5.02. The molecule has 0 aliphatic carbocycles. The van der Waals surface area contributed by atoms with Crippen LogP contribution in [0.1, 0.15) is 0 Å². The van der Waals surface area contributed by atoms with E-state index in [1.807, 2.05) is 12.3 Å². The molecule has 0 fully saturated rings. The first-order valence-electron chi connectivity index (χ1n) is 1.52. The summed E-state index contributed by atoms with van der Waals surface area (Å²) in [6, 6.07) is 0. The smallest absolute Gasteiger partial charge is 0.121 e. The van der Waals surface area contributed by atoms with Gasteiger partial charge in [-0.1, -0.05) is 5.10 Å². The maximum atomic E-state index is 3.72. The molecular formula is C3H5Cl2N2-. The molecule has 0 atom stereocenters. The number of rotatable bonds is 0. The van der Waals surface area contributed by atoms with E-state index in [9.17, 15) is 0 Å². The zero-order valence-electron chi connectivity index (χ0n) is 3.51. The van der Waals surface area contributed by atoms with Gasteiger partial charge in [-0.2, -0.15) is 5.43 Å². The summed E-state index contributed by atoms with van der Waals surface area (Å²) >= 11 is 0. The van der Waals surface area contributed by atoms with E-state index < -0.39 is 0 Å². The number of nitrogens with zero attached hydrogens (tertiary/aromatic N) is 1. The summed E-state index contributed by atoms with van der Waals surface area (Å²) in [5.74, 6) is 0. The lowest BCUT2D eigenvalue weighted by Gasteiger charge is -1.60. The van der Waals surface area contributed by atoms with Crippen LogP contribution in [0.4, 0.5) is 0 Å². The van der Waals surface area contributed by atoms with Crippen molar-refractivity contribution >= 4 is 6.21 Å². The minimum absolute atomic E-state index is 0. The molecule has 42 valence electrons. The van der Waals surface area contributed by atoms with Gasteiger partial charge in [-0.15, -0.1) is 0 Å². The van der Waals surface area contributed by atoms with Gasteiger partial charge in [0.15, 0.2) is 0 Å². The number of hydrogen-bond acceptors (Lipinski definition) is 1. The summed E-state index contributed by atoms with van der Waals surface area (Å²) in [6.45, 7) is 0. The van der Waals surface area contributed by atoms with Gasteiger partial charge in [0.2, 0.25) is 0 Å². The fraction of sp³-hybridized carbons (Fsp3) is 0. The van der Waals surface area contributed by atoms with Crippen molar-refractivity contribution in [3.05, 3.63) is 12.3 Å². The lowest BCUT2D eigenvalue weighted by Crippen LogP contribution is -3.00. The molecule has 0 aromatic heterocycles. The van der Waals surface area contributed by atoms with Crippen LogP contribution in [0.25, 0.3) is 0 Å². The van der Waals surface area contributed by atoms with Crippen molar-refractivity contribution in [3.8, 4) is 0 Å². The third-order valence-electron chi connectivity index (χ3n) is 0.455. The van der Waals surface area contributed by atoms with Crippen molar-refractivity contribution in [2.24, 2.45) is 5.10 Å². The Morgan fingerprint density at radius 3 is 2.14 bits per heavy atom. The highest BCUT2D eigenvalue weighted by molar-refractivity contribution is 5.70. The quantitative estimate of drug-likeness (QED) is 0.324. The lowest BCUT2D eigenvalue weighted by atomic mass is 10.7. The van der Waals surface area contributed by atoms with Crippen LogP contribution < -0.4 is 30.2 Å². The third kappa shape index (κ3) is 3.79. The highest BCUT2D eigenvalue weighted by atomic mass is 35.5. The first-order chi connectivity index (χ1) is 2.50. The minimum atomic E-state index is 0. The van der Waals surface area contributed by atoms with Crippen LogP contribution >= 0.6 is 0 Å². The number of hydrogen-bond donors (Lipinski definition) is 1. The second-order valence-corrected chi connectivity index (χ2v) is 0.832. The van der Waals surface area contributed by atoms with Crippen molar-refractivity contribution in [2.45, 2.75) is 0 Å². The maximum absolute atomic E-state index is 3.72. The van der Waals surface area contributed by atoms with Crippen LogP contribution in [0.3, 0.4) is 0 Å². The number of halogens is 2. The fourth-order valence-corrected chi connectivity index (χ4v) is 0.248. The Balaban J connectivity index is 0. The average molecular weight is 140 g/mol. The summed E-state index contributed by atoms with van der Waals surface area (Å²) in [5.41, 5.74) is 1.75. The molecule has 0 saturated carbocycles. The summed E-state index contributed by atoms with van der Waals surface area (Å²) in [7, 11) is 0. The van der Waals surface area contributed by atoms with Gasteiger partial charge in [-0.25, -0.2) is 0 Å². The Hall–Kier alpha value is -0.0500. The normalized spacial score (nSPS) is 12.6. The molecule has 1 aliphatic rings. The molecule has 2 N–H and O–H groups in total.